The molecular formula is C27H22FN5O. The van der Waals surface area contributed by atoms with E-state index in [9.17, 15) is 9.18 Å². The van der Waals surface area contributed by atoms with Gasteiger partial charge in [-0.15, -0.1) is 0 Å². The molecule has 5 aromatic rings. The molecule has 0 aliphatic heterocycles. The first kappa shape index (κ1) is 21.3. The van der Waals surface area contributed by atoms with Gasteiger partial charge in [-0.1, -0.05) is 18.2 Å². The smallest absolute Gasteiger partial charge is 0.255 e. The SMILES string of the molecule is Cc1[nH]c2ccc(NC(=O)c3cccc(F)c3)cc2c1[C@H](Nc1ccccn1)c1ccccn1. The van der Waals surface area contributed by atoms with Crippen LogP contribution in [0.3, 0.4) is 0 Å². The number of H-pyrrole nitrogens is 1. The highest BCUT2D eigenvalue weighted by Crippen LogP contribution is 2.35. The molecule has 3 heterocycles. The molecule has 5 rings (SSSR count). The summed E-state index contributed by atoms with van der Waals surface area (Å²) < 4.78 is 13.6. The van der Waals surface area contributed by atoms with Gasteiger partial charge in [-0.25, -0.2) is 9.37 Å². The molecule has 34 heavy (non-hydrogen) atoms. The average molecular weight is 452 g/mol. The minimum atomic E-state index is -0.453. The fourth-order valence-corrected chi connectivity index (χ4v) is 4.07. The maximum absolute atomic E-state index is 13.6. The zero-order chi connectivity index (χ0) is 23.5. The first-order valence-electron chi connectivity index (χ1n) is 10.9. The lowest BCUT2D eigenvalue weighted by molar-refractivity contribution is 0.102. The standard InChI is InChI=1S/C27H22FN5O/c1-17-25(26(23-9-2-4-13-29-23)33-24-10-3-5-14-30-24)21-16-20(11-12-22(21)31-17)32-27(34)18-7-6-8-19(28)15-18/h2-16,26,31H,1H3,(H,30,33)(H,32,34)/t26-/m1/s1. The van der Waals surface area contributed by atoms with E-state index in [1.807, 2.05) is 61.5 Å². The Labute approximate surface area is 195 Å². The molecule has 0 fully saturated rings. The summed E-state index contributed by atoms with van der Waals surface area (Å²) in [5.74, 6) is -0.103. The van der Waals surface area contributed by atoms with Gasteiger partial charge in [0.2, 0.25) is 0 Å². The largest absolute Gasteiger partial charge is 0.358 e. The molecule has 168 valence electrons. The van der Waals surface area contributed by atoms with Crippen molar-refractivity contribution in [3.63, 3.8) is 0 Å². The third kappa shape index (κ3) is 4.36. The summed E-state index contributed by atoms with van der Waals surface area (Å²) in [4.78, 5) is 25.1. The zero-order valence-corrected chi connectivity index (χ0v) is 18.4. The van der Waals surface area contributed by atoms with Crippen molar-refractivity contribution in [3.8, 4) is 0 Å². The zero-order valence-electron chi connectivity index (χ0n) is 18.4. The van der Waals surface area contributed by atoms with Crippen LogP contribution in [0.25, 0.3) is 10.9 Å². The lowest BCUT2D eigenvalue weighted by atomic mass is 9.99. The second-order valence-electron chi connectivity index (χ2n) is 7.94. The quantitative estimate of drug-likeness (QED) is 0.302. The van der Waals surface area contributed by atoms with Gasteiger partial charge < -0.3 is 15.6 Å². The van der Waals surface area contributed by atoms with Crippen LogP contribution in [0.2, 0.25) is 0 Å². The van der Waals surface area contributed by atoms with Gasteiger partial charge in [-0.2, -0.15) is 0 Å². The number of nitrogens with one attached hydrogen (secondary N) is 3. The minimum absolute atomic E-state index is 0.258. The van der Waals surface area contributed by atoms with Gasteiger partial charge in [0.1, 0.15) is 11.6 Å². The first-order chi connectivity index (χ1) is 16.6. The van der Waals surface area contributed by atoms with Gasteiger partial charge in [0, 0.05) is 45.8 Å². The second kappa shape index (κ2) is 9.15. The molecule has 0 aliphatic carbocycles. The molecule has 6 nitrogen and oxygen atoms in total. The van der Waals surface area contributed by atoms with E-state index in [0.717, 1.165) is 33.7 Å². The molecule has 7 heteroatoms. The Morgan fingerprint density at radius 1 is 0.941 bits per heavy atom. The monoisotopic (exact) mass is 451 g/mol. The lowest BCUT2D eigenvalue weighted by Gasteiger charge is -2.20. The summed E-state index contributed by atoms with van der Waals surface area (Å²) in [5, 5.41) is 7.31. The van der Waals surface area contributed by atoms with Crippen molar-refractivity contribution >= 4 is 28.3 Å². The Morgan fingerprint density at radius 2 is 1.76 bits per heavy atom. The van der Waals surface area contributed by atoms with Gasteiger partial charge in [0.25, 0.3) is 5.91 Å². The number of rotatable bonds is 6. The van der Waals surface area contributed by atoms with Crippen molar-refractivity contribution in [2.24, 2.45) is 0 Å². The number of anilines is 2. The molecule has 3 aromatic heterocycles. The summed E-state index contributed by atoms with van der Waals surface area (Å²) in [5.41, 5.74) is 4.61. The number of halogens is 1. The molecule has 1 amide bonds. The number of carbonyl (C=O) groups is 1. The van der Waals surface area contributed by atoms with E-state index in [4.69, 9.17) is 0 Å². The number of hydrogen-bond donors (Lipinski definition) is 3. The molecule has 0 saturated heterocycles. The Balaban J connectivity index is 1.55. The Kier molecular flexibility index (Phi) is 5.74. The van der Waals surface area contributed by atoms with Crippen LogP contribution in [0.15, 0.2) is 91.3 Å². The van der Waals surface area contributed by atoms with E-state index in [-0.39, 0.29) is 17.5 Å². The highest BCUT2D eigenvalue weighted by atomic mass is 19.1. The van der Waals surface area contributed by atoms with Gasteiger partial charge >= 0.3 is 0 Å². The normalized spacial score (nSPS) is 11.8. The van der Waals surface area contributed by atoms with Crippen LogP contribution in [-0.2, 0) is 0 Å². The van der Waals surface area contributed by atoms with E-state index in [1.54, 1.807) is 18.5 Å². The Morgan fingerprint density at radius 3 is 2.50 bits per heavy atom. The summed E-state index contributed by atoms with van der Waals surface area (Å²) in [6.45, 7) is 2.01. The van der Waals surface area contributed by atoms with Crippen LogP contribution in [0.5, 0.6) is 0 Å². The molecule has 3 N–H and O–H groups in total. The molecule has 0 aliphatic rings. The fraction of sp³-hybridized carbons (Fsp3) is 0.0741. The third-order valence-electron chi connectivity index (χ3n) is 5.61. The van der Waals surface area contributed by atoms with Crippen molar-refractivity contribution in [2.45, 2.75) is 13.0 Å². The molecule has 0 bridgehead atoms. The molecule has 0 radical (unpaired) electrons. The lowest BCUT2D eigenvalue weighted by Crippen LogP contribution is -2.15. The fourth-order valence-electron chi connectivity index (χ4n) is 4.07. The number of pyridine rings is 2. The van der Waals surface area contributed by atoms with Crippen molar-refractivity contribution in [1.29, 1.82) is 0 Å². The van der Waals surface area contributed by atoms with Gasteiger partial charge in [0.05, 0.1) is 11.7 Å². The summed E-state index contributed by atoms with van der Waals surface area (Å²) in [7, 11) is 0. The maximum atomic E-state index is 13.6. The number of aromatic amines is 1. The number of carbonyl (C=O) groups excluding carboxylic acids is 1. The first-order valence-corrected chi connectivity index (χ1v) is 10.9. The van der Waals surface area contributed by atoms with Crippen molar-refractivity contribution < 1.29 is 9.18 Å². The predicted octanol–water partition coefficient (Wildman–Crippen LogP) is 5.86. The van der Waals surface area contributed by atoms with Crippen LogP contribution >= 0.6 is 0 Å². The molecule has 1 atom stereocenters. The third-order valence-corrected chi connectivity index (χ3v) is 5.61. The summed E-state index contributed by atoms with van der Waals surface area (Å²) >= 11 is 0. The number of fused-ring (bicyclic) bond motifs is 1. The minimum Gasteiger partial charge on any atom is -0.358 e. The summed E-state index contributed by atoms with van der Waals surface area (Å²) in [6.07, 6.45) is 3.50. The van der Waals surface area contributed by atoms with Crippen LogP contribution in [0.1, 0.15) is 33.4 Å². The van der Waals surface area contributed by atoms with Gasteiger partial charge in [0.15, 0.2) is 0 Å². The van der Waals surface area contributed by atoms with Crippen LogP contribution in [0.4, 0.5) is 15.9 Å². The molecular weight excluding hydrogens is 429 g/mol. The van der Waals surface area contributed by atoms with Gasteiger partial charge in [-0.05, 0) is 67.6 Å². The summed E-state index contributed by atoms with van der Waals surface area (Å²) in [6, 6.07) is 22.5. The molecule has 0 spiro atoms. The number of amides is 1. The molecule has 0 saturated carbocycles. The van der Waals surface area contributed by atoms with E-state index < -0.39 is 5.82 Å². The average Bonchev–Trinajstić information content (AvgIpc) is 3.18. The van der Waals surface area contributed by atoms with Crippen molar-refractivity contribution in [1.82, 2.24) is 15.0 Å². The van der Waals surface area contributed by atoms with Crippen LogP contribution in [-0.4, -0.2) is 20.9 Å². The Hall–Kier alpha value is -4.52. The highest BCUT2D eigenvalue weighted by molar-refractivity contribution is 6.05. The number of aromatic nitrogens is 3. The second-order valence-corrected chi connectivity index (χ2v) is 7.94. The topological polar surface area (TPSA) is 82.7 Å². The predicted molar refractivity (Wildman–Crippen MR) is 131 cm³/mol. The maximum Gasteiger partial charge on any atom is 0.255 e. The van der Waals surface area contributed by atoms with Crippen LogP contribution in [0, 0.1) is 12.7 Å². The van der Waals surface area contributed by atoms with Crippen LogP contribution < -0.4 is 10.6 Å². The van der Waals surface area contributed by atoms with E-state index in [2.05, 4.69) is 25.6 Å². The number of nitrogens with zero attached hydrogens (tertiary/aromatic N) is 2. The molecule has 2 aromatic carbocycles. The molecule has 0 unspecified atom stereocenters. The van der Waals surface area contributed by atoms with E-state index >= 15 is 0 Å². The Bertz CT molecular complexity index is 1450. The van der Waals surface area contributed by atoms with E-state index in [1.165, 1.54) is 18.2 Å². The van der Waals surface area contributed by atoms with Crippen molar-refractivity contribution in [3.05, 3.63) is 120 Å². The van der Waals surface area contributed by atoms with Crippen molar-refractivity contribution in [2.75, 3.05) is 10.6 Å². The number of hydrogen-bond acceptors (Lipinski definition) is 4. The van der Waals surface area contributed by atoms with Gasteiger partial charge in [-0.3, -0.25) is 9.78 Å². The highest BCUT2D eigenvalue weighted by Gasteiger charge is 2.23. The number of benzene rings is 2. The van der Waals surface area contributed by atoms with E-state index in [0.29, 0.717) is 5.69 Å². The number of aryl methyl sites for hydroxylation is 1.